The highest BCUT2D eigenvalue weighted by Crippen LogP contribution is 2.19. The molecule has 8 heteroatoms. The molecule has 0 unspecified atom stereocenters. The van der Waals surface area contributed by atoms with Crippen molar-refractivity contribution in [2.24, 2.45) is 0 Å². The average molecular weight is 362 g/mol. The minimum atomic E-state index is -3.29. The standard InChI is InChI=1S/C16H31N3O4S/c1-16(2,3)24(21,22)17(4)7-8-18-9-11-19(12-10-18)15(20)14-6-5-13-23-14/h14H,5-13H2,1-4H3/t14-/m1/s1. The van der Waals surface area contributed by atoms with Crippen molar-refractivity contribution in [3.8, 4) is 0 Å². The summed E-state index contributed by atoms with van der Waals surface area (Å²) in [6.45, 7) is 9.93. The molecule has 0 radical (unpaired) electrons. The fourth-order valence-electron chi connectivity index (χ4n) is 3.04. The zero-order valence-electron chi connectivity index (χ0n) is 15.3. The summed E-state index contributed by atoms with van der Waals surface area (Å²) >= 11 is 0. The van der Waals surface area contributed by atoms with Gasteiger partial charge in [0.25, 0.3) is 5.91 Å². The van der Waals surface area contributed by atoms with Crippen LogP contribution in [0, 0.1) is 0 Å². The number of ether oxygens (including phenoxy) is 1. The van der Waals surface area contributed by atoms with Crippen molar-refractivity contribution in [3.05, 3.63) is 0 Å². The molecule has 0 aliphatic carbocycles. The predicted molar refractivity (Wildman–Crippen MR) is 93.3 cm³/mol. The molecule has 0 N–H and O–H groups in total. The number of carbonyl (C=O) groups excluding carboxylic acids is 1. The van der Waals surface area contributed by atoms with Gasteiger partial charge in [-0.05, 0) is 33.6 Å². The van der Waals surface area contributed by atoms with Crippen LogP contribution >= 0.6 is 0 Å². The van der Waals surface area contributed by atoms with Crippen LogP contribution in [-0.4, -0.2) is 92.2 Å². The highest BCUT2D eigenvalue weighted by molar-refractivity contribution is 7.90. The summed E-state index contributed by atoms with van der Waals surface area (Å²) in [6, 6.07) is 0. The largest absolute Gasteiger partial charge is 0.368 e. The Balaban J connectivity index is 1.76. The fraction of sp³-hybridized carbons (Fsp3) is 0.938. The molecule has 0 bridgehead atoms. The van der Waals surface area contributed by atoms with Crippen molar-refractivity contribution in [1.82, 2.24) is 14.1 Å². The van der Waals surface area contributed by atoms with Crippen LogP contribution in [0.1, 0.15) is 33.6 Å². The molecule has 1 atom stereocenters. The molecular formula is C16H31N3O4S. The van der Waals surface area contributed by atoms with Gasteiger partial charge in [0.1, 0.15) is 6.10 Å². The number of hydrogen-bond donors (Lipinski definition) is 0. The lowest BCUT2D eigenvalue weighted by molar-refractivity contribution is -0.142. The molecule has 140 valence electrons. The first-order valence-electron chi connectivity index (χ1n) is 8.71. The van der Waals surface area contributed by atoms with Crippen LogP contribution in [-0.2, 0) is 19.6 Å². The Morgan fingerprint density at radius 1 is 1.21 bits per heavy atom. The van der Waals surface area contributed by atoms with E-state index in [1.165, 1.54) is 4.31 Å². The van der Waals surface area contributed by atoms with Crippen molar-refractivity contribution in [2.75, 3.05) is 52.9 Å². The molecule has 2 aliphatic heterocycles. The fourth-order valence-corrected chi connectivity index (χ4v) is 4.29. The summed E-state index contributed by atoms with van der Waals surface area (Å²) in [5, 5.41) is 0. The second kappa shape index (κ2) is 7.68. The van der Waals surface area contributed by atoms with Crippen LogP contribution in [0.15, 0.2) is 0 Å². The Kier molecular flexibility index (Phi) is 6.28. The number of nitrogens with zero attached hydrogens (tertiary/aromatic N) is 3. The van der Waals surface area contributed by atoms with Gasteiger partial charge in [-0.3, -0.25) is 9.69 Å². The van der Waals surface area contributed by atoms with Gasteiger partial charge in [-0.25, -0.2) is 12.7 Å². The summed E-state index contributed by atoms with van der Waals surface area (Å²) in [6.07, 6.45) is 1.54. The van der Waals surface area contributed by atoms with E-state index >= 15 is 0 Å². The predicted octanol–water partition coefficient (Wildman–Crippen LogP) is 0.370. The lowest BCUT2D eigenvalue weighted by Gasteiger charge is -2.36. The van der Waals surface area contributed by atoms with Crippen LogP contribution in [0.3, 0.4) is 0 Å². The van der Waals surface area contributed by atoms with E-state index < -0.39 is 14.8 Å². The van der Waals surface area contributed by atoms with Crippen LogP contribution in [0.5, 0.6) is 0 Å². The van der Waals surface area contributed by atoms with E-state index in [2.05, 4.69) is 4.90 Å². The molecule has 2 rings (SSSR count). The Labute approximate surface area is 146 Å². The van der Waals surface area contributed by atoms with E-state index in [-0.39, 0.29) is 12.0 Å². The first-order chi connectivity index (χ1) is 11.1. The molecule has 0 aromatic heterocycles. The van der Waals surface area contributed by atoms with Crippen LogP contribution in [0.4, 0.5) is 0 Å². The highest BCUT2D eigenvalue weighted by Gasteiger charge is 2.34. The molecule has 0 spiro atoms. The molecule has 1 amide bonds. The van der Waals surface area contributed by atoms with Gasteiger partial charge >= 0.3 is 0 Å². The third-order valence-corrected chi connectivity index (χ3v) is 7.36. The molecule has 2 heterocycles. The minimum Gasteiger partial charge on any atom is -0.368 e. The number of hydrogen-bond acceptors (Lipinski definition) is 5. The monoisotopic (exact) mass is 361 g/mol. The zero-order valence-corrected chi connectivity index (χ0v) is 16.1. The summed E-state index contributed by atoms with van der Waals surface area (Å²) in [4.78, 5) is 16.4. The van der Waals surface area contributed by atoms with Gasteiger partial charge in [-0.2, -0.15) is 0 Å². The lowest BCUT2D eigenvalue weighted by Crippen LogP contribution is -2.53. The molecule has 2 saturated heterocycles. The molecule has 2 fully saturated rings. The Bertz CT molecular complexity index is 530. The van der Waals surface area contributed by atoms with E-state index in [1.54, 1.807) is 27.8 Å². The van der Waals surface area contributed by atoms with E-state index in [9.17, 15) is 13.2 Å². The Morgan fingerprint density at radius 3 is 2.33 bits per heavy atom. The number of likely N-dealkylation sites (N-methyl/N-ethyl adjacent to an activating group) is 1. The maximum Gasteiger partial charge on any atom is 0.251 e. The molecule has 0 saturated carbocycles. The van der Waals surface area contributed by atoms with E-state index in [1.807, 2.05) is 4.90 Å². The second-order valence-corrected chi connectivity index (χ2v) is 10.4. The van der Waals surface area contributed by atoms with Gasteiger partial charge in [-0.1, -0.05) is 0 Å². The van der Waals surface area contributed by atoms with Crippen LogP contribution in [0.2, 0.25) is 0 Å². The molecule has 7 nitrogen and oxygen atoms in total. The maximum atomic E-state index is 12.4. The topological polar surface area (TPSA) is 70.2 Å². The molecular weight excluding hydrogens is 330 g/mol. The van der Waals surface area contributed by atoms with Crippen molar-refractivity contribution in [1.29, 1.82) is 0 Å². The quantitative estimate of drug-likeness (QED) is 0.708. The zero-order chi connectivity index (χ0) is 18.0. The summed E-state index contributed by atoms with van der Waals surface area (Å²) < 4.78 is 30.8. The van der Waals surface area contributed by atoms with Gasteiger partial charge in [0.15, 0.2) is 0 Å². The Morgan fingerprint density at radius 2 is 1.83 bits per heavy atom. The van der Waals surface area contributed by atoms with E-state index in [0.29, 0.717) is 32.8 Å². The molecule has 24 heavy (non-hydrogen) atoms. The van der Waals surface area contributed by atoms with Crippen molar-refractivity contribution in [3.63, 3.8) is 0 Å². The van der Waals surface area contributed by atoms with Gasteiger partial charge in [0.2, 0.25) is 10.0 Å². The summed E-state index contributed by atoms with van der Waals surface area (Å²) in [7, 11) is -1.65. The third-order valence-electron chi connectivity index (χ3n) is 4.80. The molecule has 0 aromatic rings. The van der Waals surface area contributed by atoms with Crippen molar-refractivity contribution in [2.45, 2.75) is 44.5 Å². The first kappa shape index (κ1) is 19.6. The minimum absolute atomic E-state index is 0.111. The second-order valence-electron chi connectivity index (χ2n) is 7.61. The lowest BCUT2D eigenvalue weighted by atomic mass is 10.2. The number of carbonyl (C=O) groups is 1. The summed E-state index contributed by atoms with van der Waals surface area (Å²) in [5.74, 6) is 0.111. The van der Waals surface area contributed by atoms with Crippen LogP contribution in [0.25, 0.3) is 0 Å². The SMILES string of the molecule is CN(CCN1CCN(C(=O)[C@H]2CCCO2)CC1)S(=O)(=O)C(C)(C)C. The first-order valence-corrected chi connectivity index (χ1v) is 10.2. The summed E-state index contributed by atoms with van der Waals surface area (Å²) in [5.41, 5.74) is 0. The smallest absolute Gasteiger partial charge is 0.251 e. The van der Waals surface area contributed by atoms with E-state index in [4.69, 9.17) is 4.74 Å². The normalized spacial score (nSPS) is 23.9. The van der Waals surface area contributed by atoms with E-state index in [0.717, 1.165) is 25.9 Å². The average Bonchev–Trinajstić information content (AvgIpc) is 3.05. The van der Waals surface area contributed by atoms with Gasteiger partial charge < -0.3 is 9.64 Å². The maximum absolute atomic E-state index is 12.4. The molecule has 2 aliphatic rings. The molecule has 0 aromatic carbocycles. The number of piperazine rings is 1. The van der Waals surface area contributed by atoms with Gasteiger partial charge in [-0.15, -0.1) is 0 Å². The van der Waals surface area contributed by atoms with Crippen molar-refractivity contribution < 1.29 is 17.9 Å². The number of amides is 1. The highest BCUT2D eigenvalue weighted by atomic mass is 32.2. The van der Waals surface area contributed by atoms with Crippen molar-refractivity contribution >= 4 is 15.9 Å². The van der Waals surface area contributed by atoms with Gasteiger partial charge in [0, 0.05) is 52.9 Å². The van der Waals surface area contributed by atoms with Gasteiger partial charge in [0.05, 0.1) is 4.75 Å². The number of sulfonamides is 1. The Hall–Kier alpha value is -0.700. The number of rotatable bonds is 5. The van der Waals surface area contributed by atoms with Crippen LogP contribution < -0.4 is 0 Å². The third kappa shape index (κ3) is 4.47.